The van der Waals surface area contributed by atoms with Gasteiger partial charge >= 0.3 is 12.2 Å². The standard InChI is InChI=1S/C22H33N3O4/c1-22(2,3)29-21(27)25-14-18(15-25)13-24-11-9-19(10-12-24)23-20(26)28-16-17-7-5-4-6-8-17/h4-8,18-19H,9-16H2,1-3H3,(H,23,26). The van der Waals surface area contributed by atoms with Crippen molar-refractivity contribution in [1.29, 1.82) is 0 Å². The summed E-state index contributed by atoms with van der Waals surface area (Å²) in [5.74, 6) is 0.503. The monoisotopic (exact) mass is 403 g/mol. The number of alkyl carbamates (subject to hydrolysis) is 1. The van der Waals surface area contributed by atoms with Gasteiger partial charge in [-0.15, -0.1) is 0 Å². The Labute approximate surface area is 173 Å². The van der Waals surface area contributed by atoms with Gasteiger partial charge in [-0.05, 0) is 39.2 Å². The zero-order valence-corrected chi connectivity index (χ0v) is 17.7. The van der Waals surface area contributed by atoms with Crippen molar-refractivity contribution < 1.29 is 19.1 Å². The number of likely N-dealkylation sites (tertiary alicyclic amines) is 2. The van der Waals surface area contributed by atoms with Crippen molar-refractivity contribution in [3.8, 4) is 0 Å². The van der Waals surface area contributed by atoms with Crippen molar-refractivity contribution in [1.82, 2.24) is 15.1 Å². The van der Waals surface area contributed by atoms with Crippen LogP contribution in [0, 0.1) is 5.92 Å². The van der Waals surface area contributed by atoms with E-state index in [0.29, 0.717) is 12.5 Å². The predicted molar refractivity (Wildman–Crippen MR) is 111 cm³/mol. The summed E-state index contributed by atoms with van der Waals surface area (Å²) in [6.45, 7) is 10.4. The minimum atomic E-state index is -0.445. The number of piperidine rings is 1. The number of hydrogen-bond acceptors (Lipinski definition) is 5. The number of carbonyl (C=O) groups excluding carboxylic acids is 2. The molecule has 0 bridgehead atoms. The summed E-state index contributed by atoms with van der Waals surface area (Å²) in [5, 5.41) is 2.98. The smallest absolute Gasteiger partial charge is 0.410 e. The van der Waals surface area contributed by atoms with E-state index in [1.165, 1.54) is 0 Å². The van der Waals surface area contributed by atoms with Crippen LogP contribution in [0.5, 0.6) is 0 Å². The minimum Gasteiger partial charge on any atom is -0.445 e. The molecule has 2 amide bonds. The largest absolute Gasteiger partial charge is 0.445 e. The molecule has 1 N–H and O–H groups in total. The summed E-state index contributed by atoms with van der Waals surface area (Å²) in [5.41, 5.74) is 0.539. The Bertz CT molecular complexity index is 675. The maximum Gasteiger partial charge on any atom is 0.410 e. The summed E-state index contributed by atoms with van der Waals surface area (Å²) in [6.07, 6.45) is 1.27. The van der Waals surface area contributed by atoms with Crippen LogP contribution < -0.4 is 5.32 Å². The van der Waals surface area contributed by atoms with E-state index in [4.69, 9.17) is 9.47 Å². The molecule has 0 atom stereocenters. The molecule has 2 saturated heterocycles. The Kier molecular flexibility index (Phi) is 7.00. The van der Waals surface area contributed by atoms with Crippen molar-refractivity contribution in [2.75, 3.05) is 32.7 Å². The molecule has 2 aliphatic heterocycles. The molecule has 3 rings (SSSR count). The molecule has 1 aromatic rings. The normalized spacial score (nSPS) is 18.8. The maximum absolute atomic E-state index is 12.0. The number of rotatable bonds is 5. The fourth-order valence-electron chi connectivity index (χ4n) is 3.72. The SMILES string of the molecule is CC(C)(C)OC(=O)N1CC(CN2CCC(NC(=O)OCc3ccccc3)CC2)C1. The average Bonchev–Trinajstić information content (AvgIpc) is 2.63. The third-order valence-corrected chi connectivity index (χ3v) is 5.25. The lowest BCUT2D eigenvalue weighted by molar-refractivity contribution is -0.00761. The second-order valence-corrected chi connectivity index (χ2v) is 9.03. The van der Waals surface area contributed by atoms with E-state index in [1.54, 1.807) is 4.90 Å². The molecule has 0 spiro atoms. The van der Waals surface area contributed by atoms with Gasteiger partial charge in [-0.3, -0.25) is 0 Å². The Morgan fingerprint density at radius 1 is 1.10 bits per heavy atom. The zero-order chi connectivity index (χ0) is 20.9. The maximum atomic E-state index is 12.0. The number of amides is 2. The Balaban J connectivity index is 1.28. The zero-order valence-electron chi connectivity index (χ0n) is 17.7. The van der Waals surface area contributed by atoms with Gasteiger partial charge in [-0.1, -0.05) is 30.3 Å². The van der Waals surface area contributed by atoms with Gasteiger partial charge < -0.3 is 24.6 Å². The summed E-state index contributed by atoms with van der Waals surface area (Å²) in [7, 11) is 0. The summed E-state index contributed by atoms with van der Waals surface area (Å²) < 4.78 is 10.7. The molecule has 7 heteroatoms. The Hall–Kier alpha value is -2.28. The second kappa shape index (κ2) is 9.48. The molecule has 29 heavy (non-hydrogen) atoms. The lowest BCUT2D eigenvalue weighted by Crippen LogP contribution is -2.56. The van der Waals surface area contributed by atoms with Crippen LogP contribution in [0.1, 0.15) is 39.2 Å². The van der Waals surface area contributed by atoms with Crippen LogP contribution in [0.2, 0.25) is 0 Å². The average molecular weight is 404 g/mol. The first-order valence-electron chi connectivity index (χ1n) is 10.5. The van der Waals surface area contributed by atoms with Crippen LogP contribution in [0.4, 0.5) is 9.59 Å². The van der Waals surface area contributed by atoms with Crippen molar-refractivity contribution in [2.45, 2.75) is 51.9 Å². The molecule has 2 fully saturated rings. The van der Waals surface area contributed by atoms with Crippen LogP contribution in [0.3, 0.4) is 0 Å². The van der Waals surface area contributed by atoms with Gasteiger partial charge in [0.2, 0.25) is 0 Å². The number of hydrogen-bond donors (Lipinski definition) is 1. The van der Waals surface area contributed by atoms with Gasteiger partial charge in [0.25, 0.3) is 0 Å². The van der Waals surface area contributed by atoms with Gasteiger partial charge in [0.1, 0.15) is 12.2 Å². The van der Waals surface area contributed by atoms with Crippen LogP contribution in [0.25, 0.3) is 0 Å². The minimum absolute atomic E-state index is 0.161. The summed E-state index contributed by atoms with van der Waals surface area (Å²) >= 11 is 0. The Morgan fingerprint density at radius 2 is 1.76 bits per heavy atom. The third-order valence-electron chi connectivity index (χ3n) is 5.25. The highest BCUT2D eigenvalue weighted by atomic mass is 16.6. The molecular formula is C22H33N3O4. The molecular weight excluding hydrogens is 370 g/mol. The van der Waals surface area contributed by atoms with Crippen molar-refractivity contribution in [2.24, 2.45) is 5.92 Å². The molecule has 0 radical (unpaired) electrons. The molecule has 0 saturated carbocycles. The first-order chi connectivity index (χ1) is 13.8. The highest BCUT2D eigenvalue weighted by molar-refractivity contribution is 5.69. The fraction of sp³-hybridized carbons (Fsp3) is 0.636. The van der Waals surface area contributed by atoms with E-state index in [-0.39, 0.29) is 18.2 Å². The van der Waals surface area contributed by atoms with Crippen molar-refractivity contribution in [3.63, 3.8) is 0 Å². The first-order valence-corrected chi connectivity index (χ1v) is 10.5. The van der Waals surface area contributed by atoms with Gasteiger partial charge in [0, 0.05) is 44.7 Å². The number of nitrogens with one attached hydrogen (secondary N) is 1. The van der Waals surface area contributed by atoms with Crippen molar-refractivity contribution >= 4 is 12.2 Å². The predicted octanol–water partition coefficient (Wildman–Crippen LogP) is 3.24. The van der Waals surface area contributed by atoms with Gasteiger partial charge in [0.15, 0.2) is 0 Å². The fourth-order valence-corrected chi connectivity index (χ4v) is 3.72. The second-order valence-electron chi connectivity index (χ2n) is 9.03. The van der Waals surface area contributed by atoms with Crippen LogP contribution in [0.15, 0.2) is 30.3 Å². The number of benzene rings is 1. The van der Waals surface area contributed by atoms with Gasteiger partial charge in [0.05, 0.1) is 0 Å². The lowest BCUT2D eigenvalue weighted by atomic mass is 9.97. The molecule has 1 aromatic carbocycles. The highest BCUT2D eigenvalue weighted by Crippen LogP contribution is 2.22. The molecule has 0 unspecified atom stereocenters. The van der Waals surface area contributed by atoms with Crippen LogP contribution >= 0.6 is 0 Å². The molecule has 0 aromatic heterocycles. The number of ether oxygens (including phenoxy) is 2. The lowest BCUT2D eigenvalue weighted by Gasteiger charge is -2.43. The Morgan fingerprint density at radius 3 is 2.38 bits per heavy atom. The topological polar surface area (TPSA) is 71.1 Å². The number of carbonyl (C=O) groups is 2. The van der Waals surface area contributed by atoms with E-state index >= 15 is 0 Å². The molecule has 0 aliphatic carbocycles. The van der Waals surface area contributed by atoms with E-state index in [9.17, 15) is 9.59 Å². The molecule has 2 heterocycles. The third kappa shape index (κ3) is 6.92. The van der Waals surface area contributed by atoms with Crippen LogP contribution in [-0.4, -0.2) is 66.4 Å². The van der Waals surface area contributed by atoms with Crippen LogP contribution in [-0.2, 0) is 16.1 Å². The quantitative estimate of drug-likeness (QED) is 0.817. The van der Waals surface area contributed by atoms with Gasteiger partial charge in [-0.2, -0.15) is 0 Å². The van der Waals surface area contributed by atoms with Gasteiger partial charge in [-0.25, -0.2) is 9.59 Å². The molecule has 7 nitrogen and oxygen atoms in total. The summed E-state index contributed by atoms with van der Waals surface area (Å²) in [4.78, 5) is 28.2. The summed E-state index contributed by atoms with van der Waals surface area (Å²) in [6, 6.07) is 9.85. The number of nitrogens with zero attached hydrogens (tertiary/aromatic N) is 2. The highest BCUT2D eigenvalue weighted by Gasteiger charge is 2.35. The van der Waals surface area contributed by atoms with E-state index in [0.717, 1.165) is 51.1 Å². The molecule has 2 aliphatic rings. The van der Waals surface area contributed by atoms with E-state index in [2.05, 4.69) is 10.2 Å². The van der Waals surface area contributed by atoms with E-state index in [1.807, 2.05) is 51.1 Å². The van der Waals surface area contributed by atoms with Crippen molar-refractivity contribution in [3.05, 3.63) is 35.9 Å². The first kappa shape index (κ1) is 21.4. The molecule has 160 valence electrons. The van der Waals surface area contributed by atoms with E-state index < -0.39 is 5.60 Å².